The van der Waals surface area contributed by atoms with Gasteiger partial charge in [-0.15, -0.1) is 0 Å². The highest BCUT2D eigenvalue weighted by atomic mass is 35.5. The Hall–Kier alpha value is -2.89. The van der Waals surface area contributed by atoms with E-state index in [4.69, 9.17) is 32.7 Å². The lowest BCUT2D eigenvalue weighted by Gasteiger charge is -2.17. The number of aromatic carboxylic acids is 1. The SMILES string of the molecule is CCOc1cc(CNc2cccc(C(=O)O)c2C)cc(Cl)c1OCc1ccccc1Cl. The molecule has 0 radical (unpaired) electrons. The van der Waals surface area contributed by atoms with Crippen LogP contribution in [0.3, 0.4) is 0 Å². The van der Waals surface area contributed by atoms with Crippen molar-refractivity contribution in [3.8, 4) is 11.5 Å². The molecule has 31 heavy (non-hydrogen) atoms. The van der Waals surface area contributed by atoms with Crippen LogP contribution in [0, 0.1) is 6.92 Å². The van der Waals surface area contributed by atoms with Crippen molar-refractivity contribution in [3.05, 3.63) is 86.9 Å². The zero-order chi connectivity index (χ0) is 22.4. The second kappa shape index (κ2) is 10.4. The fourth-order valence-electron chi connectivity index (χ4n) is 3.15. The molecule has 0 fully saturated rings. The third kappa shape index (κ3) is 5.63. The number of carbonyl (C=O) groups is 1. The molecule has 0 aliphatic rings. The normalized spacial score (nSPS) is 10.6. The standard InChI is InChI=1S/C24H23Cl2NO4/c1-3-30-22-12-16(13-27-21-10-6-8-18(15(21)2)24(28)29)11-20(26)23(22)31-14-17-7-4-5-9-19(17)25/h4-12,27H,3,13-14H2,1-2H3,(H,28,29). The zero-order valence-corrected chi connectivity index (χ0v) is 18.8. The van der Waals surface area contributed by atoms with Gasteiger partial charge in [0.2, 0.25) is 0 Å². The van der Waals surface area contributed by atoms with Gasteiger partial charge in [-0.25, -0.2) is 4.79 Å². The molecule has 0 spiro atoms. The summed E-state index contributed by atoms with van der Waals surface area (Å²) in [6.07, 6.45) is 0. The molecule has 162 valence electrons. The lowest BCUT2D eigenvalue weighted by atomic mass is 10.1. The molecule has 3 rings (SSSR count). The van der Waals surface area contributed by atoms with Gasteiger partial charge in [-0.2, -0.15) is 0 Å². The summed E-state index contributed by atoms with van der Waals surface area (Å²) in [6.45, 7) is 4.82. The number of halogens is 2. The quantitative estimate of drug-likeness (QED) is 0.377. The first-order chi connectivity index (χ1) is 14.9. The van der Waals surface area contributed by atoms with Crippen molar-refractivity contribution in [1.29, 1.82) is 0 Å². The fourth-order valence-corrected chi connectivity index (χ4v) is 3.63. The van der Waals surface area contributed by atoms with E-state index in [-0.39, 0.29) is 12.2 Å². The van der Waals surface area contributed by atoms with Crippen LogP contribution in [0.2, 0.25) is 10.0 Å². The number of benzene rings is 3. The minimum Gasteiger partial charge on any atom is -0.490 e. The Balaban J connectivity index is 1.79. The largest absolute Gasteiger partial charge is 0.490 e. The molecule has 0 heterocycles. The van der Waals surface area contributed by atoms with Crippen molar-refractivity contribution < 1.29 is 19.4 Å². The molecule has 0 atom stereocenters. The number of nitrogens with one attached hydrogen (secondary N) is 1. The molecular weight excluding hydrogens is 437 g/mol. The van der Waals surface area contributed by atoms with Crippen molar-refractivity contribution in [3.63, 3.8) is 0 Å². The summed E-state index contributed by atoms with van der Waals surface area (Å²) in [5.74, 6) is 0.0361. The van der Waals surface area contributed by atoms with Gasteiger partial charge in [0.25, 0.3) is 0 Å². The molecule has 0 aromatic heterocycles. The third-order valence-electron chi connectivity index (χ3n) is 4.75. The van der Waals surface area contributed by atoms with E-state index in [0.717, 1.165) is 16.8 Å². The molecule has 5 nitrogen and oxygen atoms in total. The summed E-state index contributed by atoms with van der Waals surface area (Å²) in [5.41, 5.74) is 3.40. The van der Waals surface area contributed by atoms with Crippen LogP contribution in [0.4, 0.5) is 5.69 Å². The Labute approximate surface area is 191 Å². The molecule has 0 unspecified atom stereocenters. The van der Waals surface area contributed by atoms with Gasteiger partial charge in [-0.1, -0.05) is 47.5 Å². The Kier molecular flexibility index (Phi) is 7.66. The topological polar surface area (TPSA) is 67.8 Å². The van der Waals surface area contributed by atoms with E-state index in [9.17, 15) is 9.90 Å². The summed E-state index contributed by atoms with van der Waals surface area (Å²) in [6, 6.07) is 16.3. The molecule has 0 amide bonds. The summed E-state index contributed by atoms with van der Waals surface area (Å²) >= 11 is 12.7. The van der Waals surface area contributed by atoms with E-state index in [1.807, 2.05) is 37.3 Å². The van der Waals surface area contributed by atoms with Gasteiger partial charge in [0.05, 0.1) is 17.2 Å². The van der Waals surface area contributed by atoms with Crippen LogP contribution in [0.15, 0.2) is 54.6 Å². The zero-order valence-electron chi connectivity index (χ0n) is 17.2. The second-order valence-electron chi connectivity index (χ2n) is 6.85. The maximum Gasteiger partial charge on any atom is 0.336 e. The first-order valence-electron chi connectivity index (χ1n) is 9.79. The number of ether oxygens (including phenoxy) is 2. The Bertz CT molecular complexity index is 1090. The van der Waals surface area contributed by atoms with E-state index >= 15 is 0 Å². The van der Waals surface area contributed by atoms with Gasteiger partial charge in [-0.05, 0) is 55.3 Å². The smallest absolute Gasteiger partial charge is 0.336 e. The van der Waals surface area contributed by atoms with Gasteiger partial charge < -0.3 is 19.9 Å². The maximum atomic E-state index is 11.3. The van der Waals surface area contributed by atoms with Gasteiger partial charge >= 0.3 is 5.97 Å². The van der Waals surface area contributed by atoms with Gasteiger partial charge in [-0.3, -0.25) is 0 Å². The highest BCUT2D eigenvalue weighted by Gasteiger charge is 2.15. The molecule has 7 heteroatoms. The van der Waals surface area contributed by atoms with Crippen molar-refractivity contribution >= 4 is 34.9 Å². The molecule has 2 N–H and O–H groups in total. The average molecular weight is 460 g/mol. The van der Waals surface area contributed by atoms with Crippen LogP contribution in [0.25, 0.3) is 0 Å². The van der Waals surface area contributed by atoms with Crippen LogP contribution in [0.1, 0.15) is 34.0 Å². The first kappa shape index (κ1) is 22.8. The monoisotopic (exact) mass is 459 g/mol. The Morgan fingerprint density at radius 3 is 2.52 bits per heavy atom. The highest BCUT2D eigenvalue weighted by molar-refractivity contribution is 6.32. The third-order valence-corrected chi connectivity index (χ3v) is 5.40. The average Bonchev–Trinajstić information content (AvgIpc) is 2.73. The Morgan fingerprint density at radius 1 is 1.03 bits per heavy atom. The predicted octanol–water partition coefficient (Wildman–Crippen LogP) is 6.59. The minimum absolute atomic E-state index is 0.262. The molecule has 0 saturated carbocycles. The molecule has 0 saturated heterocycles. The number of anilines is 1. The summed E-state index contributed by atoms with van der Waals surface area (Å²) in [4.78, 5) is 11.3. The molecular formula is C24H23Cl2NO4. The van der Waals surface area contributed by atoms with Crippen LogP contribution < -0.4 is 14.8 Å². The Morgan fingerprint density at radius 2 is 1.81 bits per heavy atom. The summed E-state index contributed by atoms with van der Waals surface area (Å²) in [5, 5.41) is 13.6. The number of carboxylic acids is 1. The van der Waals surface area contributed by atoms with Crippen LogP contribution in [0.5, 0.6) is 11.5 Å². The van der Waals surface area contributed by atoms with Crippen molar-refractivity contribution in [1.82, 2.24) is 0 Å². The van der Waals surface area contributed by atoms with Crippen molar-refractivity contribution in [2.75, 3.05) is 11.9 Å². The minimum atomic E-state index is -0.956. The van der Waals surface area contributed by atoms with Gasteiger partial charge in [0, 0.05) is 22.8 Å². The van der Waals surface area contributed by atoms with Crippen LogP contribution >= 0.6 is 23.2 Å². The molecule has 0 bridgehead atoms. The number of carboxylic acid groups (broad SMARTS) is 1. The fraction of sp³-hybridized carbons (Fsp3) is 0.208. The van der Waals surface area contributed by atoms with Crippen molar-refractivity contribution in [2.24, 2.45) is 0 Å². The van der Waals surface area contributed by atoms with Crippen LogP contribution in [-0.2, 0) is 13.2 Å². The second-order valence-corrected chi connectivity index (χ2v) is 7.67. The van der Waals surface area contributed by atoms with Crippen molar-refractivity contribution in [2.45, 2.75) is 27.0 Å². The predicted molar refractivity (Wildman–Crippen MR) is 124 cm³/mol. The van der Waals surface area contributed by atoms with Crippen LogP contribution in [-0.4, -0.2) is 17.7 Å². The first-order valence-corrected chi connectivity index (χ1v) is 10.5. The highest BCUT2D eigenvalue weighted by Crippen LogP contribution is 2.38. The molecule has 3 aromatic rings. The van der Waals surface area contributed by atoms with E-state index in [1.165, 1.54) is 0 Å². The van der Waals surface area contributed by atoms with Gasteiger partial charge in [0.15, 0.2) is 11.5 Å². The number of rotatable bonds is 9. The maximum absolute atomic E-state index is 11.3. The molecule has 0 aliphatic carbocycles. The van der Waals surface area contributed by atoms with E-state index < -0.39 is 5.97 Å². The number of hydrogen-bond acceptors (Lipinski definition) is 4. The summed E-state index contributed by atoms with van der Waals surface area (Å²) < 4.78 is 11.7. The van der Waals surface area contributed by atoms with E-state index in [1.54, 1.807) is 31.2 Å². The molecule has 0 aliphatic heterocycles. The number of hydrogen-bond donors (Lipinski definition) is 2. The molecule has 3 aromatic carbocycles. The van der Waals surface area contributed by atoms with E-state index in [2.05, 4.69) is 5.32 Å². The van der Waals surface area contributed by atoms with Gasteiger partial charge in [0.1, 0.15) is 6.61 Å². The van der Waals surface area contributed by atoms with E-state index in [0.29, 0.717) is 40.3 Å². The lowest BCUT2D eigenvalue weighted by molar-refractivity contribution is 0.0696. The summed E-state index contributed by atoms with van der Waals surface area (Å²) in [7, 11) is 0. The lowest BCUT2D eigenvalue weighted by Crippen LogP contribution is -2.07.